The van der Waals surface area contributed by atoms with Crippen LogP contribution in [-0.2, 0) is 6.18 Å². The number of para-hydroxylation sites is 1. The molecule has 3 rings (SSSR count). The molecule has 148 valence electrons. The lowest BCUT2D eigenvalue weighted by Crippen LogP contribution is -2.45. The van der Waals surface area contributed by atoms with Crippen molar-refractivity contribution in [3.05, 3.63) is 86.4 Å². The van der Waals surface area contributed by atoms with E-state index in [1.165, 1.54) is 12.1 Å². The number of benzene rings is 2. The lowest BCUT2D eigenvalue weighted by molar-refractivity contribution is -0.143. The molecule has 1 heterocycles. The van der Waals surface area contributed by atoms with Gasteiger partial charge < -0.3 is 10.6 Å². The zero-order valence-electron chi connectivity index (χ0n) is 14.3. The van der Waals surface area contributed by atoms with Crippen molar-refractivity contribution in [3.63, 3.8) is 0 Å². The lowest BCUT2D eigenvalue weighted by atomic mass is 10.1. The van der Waals surface area contributed by atoms with Gasteiger partial charge in [0.25, 0.3) is 5.56 Å². The molecule has 29 heavy (non-hydrogen) atoms. The van der Waals surface area contributed by atoms with E-state index in [9.17, 15) is 32.4 Å². The normalized spacial score (nSPS) is 11.1. The summed E-state index contributed by atoms with van der Waals surface area (Å²) in [6.45, 7) is 0. The number of nitrogens with two attached hydrogens (primary N) is 1. The van der Waals surface area contributed by atoms with Crippen molar-refractivity contribution in [1.29, 1.82) is 5.26 Å². The molecule has 7 nitrogen and oxygen atoms in total. The molecule has 11 heteroatoms. The molecule has 0 saturated heterocycles. The van der Waals surface area contributed by atoms with Crippen LogP contribution in [-0.4, -0.2) is 9.24 Å². The number of nitrogens with zero attached hydrogens (tertiary/aromatic N) is 3. The Morgan fingerprint density at radius 3 is 2.31 bits per heavy atom. The lowest BCUT2D eigenvalue weighted by Gasteiger charge is -2.15. The third-order valence-corrected chi connectivity index (χ3v) is 3.81. The SMILES string of the molecule is N#Cc1cc(F)c(-n2c(=O)cc(C(F)(F)F)n(N)c2=O)cc1Oc1ccccc1. The van der Waals surface area contributed by atoms with Gasteiger partial charge in [-0.25, -0.2) is 18.4 Å². The summed E-state index contributed by atoms with van der Waals surface area (Å²) < 4.78 is 58.5. The number of ether oxygens (including phenoxy) is 1. The third-order valence-electron chi connectivity index (χ3n) is 3.81. The minimum absolute atomic E-state index is 0.0662. The quantitative estimate of drug-likeness (QED) is 0.532. The van der Waals surface area contributed by atoms with Gasteiger partial charge in [-0.05, 0) is 18.2 Å². The van der Waals surface area contributed by atoms with E-state index in [1.54, 1.807) is 24.3 Å². The standard InChI is InChI=1S/C18H10F4N4O3/c19-12-6-10(9-23)14(29-11-4-2-1-3-5-11)7-13(12)25-16(27)8-15(18(20,21)22)26(24)17(25)28/h1-8H,24H2. The summed E-state index contributed by atoms with van der Waals surface area (Å²) in [5, 5.41) is 9.19. The van der Waals surface area contributed by atoms with Gasteiger partial charge in [-0.3, -0.25) is 4.79 Å². The molecule has 2 N–H and O–H groups in total. The molecule has 0 bridgehead atoms. The Labute approximate surface area is 159 Å². The number of rotatable bonds is 3. The highest BCUT2D eigenvalue weighted by atomic mass is 19.4. The van der Waals surface area contributed by atoms with Gasteiger partial charge in [0.1, 0.15) is 23.4 Å². The molecular formula is C18H10F4N4O3. The largest absolute Gasteiger partial charge is 0.456 e. The number of aromatic nitrogens is 2. The molecule has 0 atom stereocenters. The van der Waals surface area contributed by atoms with Gasteiger partial charge in [0.2, 0.25) is 0 Å². The van der Waals surface area contributed by atoms with Crippen LogP contribution < -0.4 is 21.8 Å². The van der Waals surface area contributed by atoms with Crippen molar-refractivity contribution < 1.29 is 22.3 Å². The number of nitriles is 1. The maximum absolute atomic E-state index is 14.5. The molecular weight excluding hydrogens is 396 g/mol. The summed E-state index contributed by atoms with van der Waals surface area (Å²) in [5.74, 6) is 4.00. The van der Waals surface area contributed by atoms with Gasteiger partial charge in [0.05, 0.1) is 11.3 Å². The smallest absolute Gasteiger partial charge is 0.433 e. The van der Waals surface area contributed by atoms with Crippen LogP contribution in [0.1, 0.15) is 11.3 Å². The molecule has 2 aromatic carbocycles. The van der Waals surface area contributed by atoms with E-state index in [4.69, 9.17) is 10.6 Å². The fraction of sp³-hybridized carbons (Fsp3) is 0.0556. The predicted molar refractivity (Wildman–Crippen MR) is 92.6 cm³/mol. The van der Waals surface area contributed by atoms with Gasteiger partial charge in [0.15, 0.2) is 5.69 Å². The maximum atomic E-state index is 14.5. The van der Waals surface area contributed by atoms with Gasteiger partial charge in [-0.2, -0.15) is 18.4 Å². The van der Waals surface area contributed by atoms with Crippen molar-refractivity contribution >= 4 is 0 Å². The molecule has 0 saturated carbocycles. The van der Waals surface area contributed by atoms with E-state index in [0.29, 0.717) is 6.07 Å². The highest BCUT2D eigenvalue weighted by Gasteiger charge is 2.36. The van der Waals surface area contributed by atoms with Crippen molar-refractivity contribution in [1.82, 2.24) is 9.24 Å². The predicted octanol–water partition coefficient (Wildman–Crippen LogP) is 2.53. The van der Waals surface area contributed by atoms with Crippen LogP contribution in [0.4, 0.5) is 17.6 Å². The van der Waals surface area contributed by atoms with E-state index in [-0.39, 0.29) is 32.4 Å². The molecule has 1 aromatic heterocycles. The average Bonchev–Trinajstić information content (AvgIpc) is 2.66. The number of alkyl halides is 3. The van der Waals surface area contributed by atoms with Crippen LogP contribution >= 0.6 is 0 Å². The second kappa shape index (κ2) is 7.16. The Hall–Kier alpha value is -4.07. The van der Waals surface area contributed by atoms with Crippen molar-refractivity contribution in [2.24, 2.45) is 0 Å². The summed E-state index contributed by atoms with van der Waals surface area (Å²) in [6, 6.07) is 11.3. The Bertz CT molecular complexity index is 1240. The van der Waals surface area contributed by atoms with Gasteiger partial charge in [-0.15, -0.1) is 0 Å². The zero-order valence-corrected chi connectivity index (χ0v) is 14.3. The number of nitrogen functional groups attached to an aromatic ring is 1. The summed E-state index contributed by atoms with van der Waals surface area (Å²) in [5.41, 5.74) is -5.77. The first-order valence-corrected chi connectivity index (χ1v) is 7.81. The molecule has 0 aliphatic carbocycles. The van der Waals surface area contributed by atoms with E-state index >= 15 is 0 Å². The fourth-order valence-electron chi connectivity index (χ4n) is 2.50. The molecule has 0 aliphatic rings. The third kappa shape index (κ3) is 3.68. The van der Waals surface area contributed by atoms with Crippen molar-refractivity contribution in [3.8, 4) is 23.3 Å². The first kappa shape index (κ1) is 19.7. The van der Waals surface area contributed by atoms with E-state index in [2.05, 4.69) is 0 Å². The Morgan fingerprint density at radius 2 is 1.72 bits per heavy atom. The first-order valence-electron chi connectivity index (χ1n) is 7.81. The highest BCUT2D eigenvalue weighted by molar-refractivity contribution is 5.52. The second-order valence-electron chi connectivity index (χ2n) is 5.68. The molecule has 0 amide bonds. The number of halogens is 4. The minimum Gasteiger partial charge on any atom is -0.456 e. The molecule has 0 spiro atoms. The van der Waals surface area contributed by atoms with E-state index in [0.717, 1.165) is 6.07 Å². The summed E-state index contributed by atoms with van der Waals surface area (Å²) in [6.07, 6.45) is -5.07. The monoisotopic (exact) mass is 406 g/mol. The second-order valence-corrected chi connectivity index (χ2v) is 5.68. The summed E-state index contributed by atoms with van der Waals surface area (Å²) in [7, 11) is 0. The molecule has 0 radical (unpaired) electrons. The van der Waals surface area contributed by atoms with Gasteiger partial charge in [-0.1, -0.05) is 18.2 Å². The van der Waals surface area contributed by atoms with Crippen LogP contribution in [0, 0.1) is 17.1 Å². The fourth-order valence-corrected chi connectivity index (χ4v) is 2.50. The molecule has 3 aromatic rings. The first-order chi connectivity index (χ1) is 13.6. The van der Waals surface area contributed by atoms with Crippen LogP contribution in [0.3, 0.4) is 0 Å². The van der Waals surface area contributed by atoms with Gasteiger partial charge >= 0.3 is 11.9 Å². The molecule has 0 fully saturated rings. The van der Waals surface area contributed by atoms with Crippen molar-refractivity contribution in [2.75, 3.05) is 5.84 Å². The van der Waals surface area contributed by atoms with E-state index in [1.807, 2.05) is 0 Å². The number of hydrogen-bond donors (Lipinski definition) is 1. The average molecular weight is 406 g/mol. The van der Waals surface area contributed by atoms with Gasteiger partial charge in [0, 0.05) is 12.1 Å². The topological polar surface area (TPSA) is 103 Å². The van der Waals surface area contributed by atoms with Crippen LogP contribution in [0.5, 0.6) is 11.5 Å². The van der Waals surface area contributed by atoms with Crippen LogP contribution in [0.15, 0.2) is 58.1 Å². The van der Waals surface area contributed by atoms with Crippen molar-refractivity contribution in [2.45, 2.75) is 6.18 Å². The maximum Gasteiger partial charge on any atom is 0.433 e. The van der Waals surface area contributed by atoms with Crippen LogP contribution in [0.2, 0.25) is 0 Å². The molecule has 0 aliphatic heterocycles. The van der Waals surface area contributed by atoms with E-state index < -0.39 is 34.6 Å². The Balaban J connectivity index is 2.24. The van der Waals surface area contributed by atoms with Crippen LogP contribution in [0.25, 0.3) is 5.69 Å². The summed E-state index contributed by atoms with van der Waals surface area (Å²) >= 11 is 0. The highest BCUT2D eigenvalue weighted by Crippen LogP contribution is 2.29. The Morgan fingerprint density at radius 1 is 1.07 bits per heavy atom. The molecule has 0 unspecified atom stereocenters. The summed E-state index contributed by atoms with van der Waals surface area (Å²) in [4.78, 5) is 24.4. The number of hydrogen-bond acceptors (Lipinski definition) is 5. The minimum atomic E-state index is -5.07. The zero-order chi connectivity index (χ0) is 21.3. The Kier molecular flexibility index (Phi) is 4.86.